The molecule has 1 fully saturated rings. The van der Waals surface area contributed by atoms with Crippen molar-refractivity contribution in [3.05, 3.63) is 28.5 Å². The number of morpholine rings is 1. The molecular weight excluding hydrogens is 456 g/mol. The lowest BCUT2D eigenvalue weighted by atomic mass is 9.90. The summed E-state index contributed by atoms with van der Waals surface area (Å²) in [7, 11) is 0. The quantitative estimate of drug-likeness (QED) is 0.391. The fourth-order valence-corrected chi connectivity index (χ4v) is 6.43. The van der Waals surface area contributed by atoms with Crippen LogP contribution >= 0.6 is 39.0 Å². The van der Waals surface area contributed by atoms with E-state index in [1.807, 2.05) is 0 Å². The van der Waals surface area contributed by atoms with Gasteiger partial charge in [-0.05, 0) is 41.3 Å². The number of hydrogen-bond donors (Lipinski definition) is 0. The van der Waals surface area contributed by atoms with Crippen molar-refractivity contribution in [2.24, 2.45) is 0 Å². The third-order valence-corrected chi connectivity index (χ3v) is 8.28. The van der Waals surface area contributed by atoms with E-state index in [2.05, 4.69) is 37.4 Å². The van der Waals surface area contributed by atoms with Gasteiger partial charge in [0.1, 0.15) is 22.0 Å². The maximum Gasteiger partial charge on any atom is 0.133 e. The summed E-state index contributed by atoms with van der Waals surface area (Å²) in [6.45, 7) is 7.35. The molecule has 0 radical (unpaired) electrons. The number of aryl methyl sites for hydroxylation is 1. The lowest BCUT2D eigenvalue weighted by Crippen LogP contribution is -2.37. The maximum absolute atomic E-state index is 5.56. The van der Waals surface area contributed by atoms with Gasteiger partial charge in [-0.15, -0.1) is 11.3 Å². The van der Waals surface area contributed by atoms with Crippen LogP contribution in [0.2, 0.25) is 0 Å². The molecule has 0 unspecified atom stereocenters. The molecule has 0 aromatic carbocycles. The highest BCUT2D eigenvalue weighted by Gasteiger charge is 2.26. The number of nitrogens with zero attached hydrogens (tertiary/aromatic N) is 4. The predicted octanol–water partition coefficient (Wildman–Crippen LogP) is 4.96. The Morgan fingerprint density at radius 1 is 1.21 bits per heavy atom. The Hall–Kier alpha value is -1.22. The van der Waals surface area contributed by atoms with Gasteiger partial charge < -0.3 is 9.64 Å². The van der Waals surface area contributed by atoms with E-state index in [0.29, 0.717) is 0 Å². The number of pyridine rings is 1. The van der Waals surface area contributed by atoms with Crippen LogP contribution < -0.4 is 4.90 Å². The van der Waals surface area contributed by atoms with Gasteiger partial charge in [-0.3, -0.25) is 0 Å². The average Bonchev–Trinajstić information content (AvgIpc) is 3.11. The number of fused-ring (bicyclic) bond motifs is 5. The third-order valence-electron chi connectivity index (χ3n) is 5.34. The summed E-state index contributed by atoms with van der Waals surface area (Å²) in [5, 5.41) is 2.28. The number of anilines is 1. The molecule has 1 aliphatic carbocycles. The molecule has 0 saturated carbocycles. The average molecular weight is 477 g/mol. The van der Waals surface area contributed by atoms with Gasteiger partial charge >= 0.3 is 0 Å². The van der Waals surface area contributed by atoms with Crippen molar-refractivity contribution < 1.29 is 4.74 Å². The van der Waals surface area contributed by atoms with Gasteiger partial charge in [0.2, 0.25) is 0 Å². The Balaban J connectivity index is 1.71. The summed E-state index contributed by atoms with van der Waals surface area (Å²) in [4.78, 5) is 17.9. The second-order valence-electron chi connectivity index (χ2n) is 7.14. The molecule has 3 aromatic heterocycles. The highest BCUT2D eigenvalue weighted by molar-refractivity contribution is 9.11. The normalized spacial score (nSPS) is 17.2. The van der Waals surface area contributed by atoms with Crippen LogP contribution in [-0.2, 0) is 17.6 Å². The highest BCUT2D eigenvalue weighted by atomic mass is 79.9. The monoisotopic (exact) mass is 476 g/mol. The number of thiophene rings is 1. The van der Waals surface area contributed by atoms with Crippen LogP contribution in [0, 0.1) is 0 Å². The van der Waals surface area contributed by atoms with Crippen LogP contribution in [0.1, 0.15) is 24.0 Å². The van der Waals surface area contributed by atoms with Crippen molar-refractivity contribution in [2.75, 3.05) is 37.0 Å². The molecule has 0 bridgehead atoms. The summed E-state index contributed by atoms with van der Waals surface area (Å²) in [5.41, 5.74) is 3.96. The van der Waals surface area contributed by atoms with Gasteiger partial charge in [-0.2, -0.15) is 0 Å². The highest BCUT2D eigenvalue weighted by Crippen LogP contribution is 2.43. The molecule has 0 N–H and O–H groups in total. The Bertz CT molecular complexity index is 1060. The Morgan fingerprint density at radius 3 is 2.79 bits per heavy atom. The largest absolute Gasteiger partial charge is 0.378 e. The van der Waals surface area contributed by atoms with Crippen LogP contribution in [0.3, 0.4) is 0 Å². The lowest BCUT2D eigenvalue weighted by Gasteiger charge is -2.31. The van der Waals surface area contributed by atoms with Crippen LogP contribution in [0.25, 0.3) is 20.4 Å². The fraction of sp³-hybridized carbons (Fsp3) is 0.450. The van der Waals surface area contributed by atoms with Crippen molar-refractivity contribution in [3.8, 4) is 0 Å². The van der Waals surface area contributed by atoms with Gasteiger partial charge in [-0.25, -0.2) is 15.0 Å². The van der Waals surface area contributed by atoms with E-state index in [0.717, 1.165) is 69.5 Å². The first-order valence-corrected chi connectivity index (χ1v) is 12.2. The molecule has 0 atom stereocenters. The zero-order chi connectivity index (χ0) is 19.1. The van der Waals surface area contributed by atoms with Gasteiger partial charge in [0, 0.05) is 24.2 Å². The van der Waals surface area contributed by atoms with Crippen molar-refractivity contribution >= 4 is 65.3 Å². The van der Waals surface area contributed by atoms with E-state index in [-0.39, 0.29) is 0 Å². The number of ether oxygens (including phenoxy) is 1. The van der Waals surface area contributed by atoms with E-state index in [9.17, 15) is 0 Å². The minimum atomic E-state index is 0.781. The number of rotatable bonds is 4. The van der Waals surface area contributed by atoms with Gasteiger partial charge in [0.15, 0.2) is 0 Å². The predicted molar refractivity (Wildman–Crippen MR) is 121 cm³/mol. The second kappa shape index (κ2) is 7.89. The fourth-order valence-electron chi connectivity index (χ4n) is 4.11. The summed E-state index contributed by atoms with van der Waals surface area (Å²) in [6.07, 6.45) is 6.39. The summed E-state index contributed by atoms with van der Waals surface area (Å²) in [5.74, 6) is 1.97. The minimum Gasteiger partial charge on any atom is -0.378 e. The number of thioether (sulfide) groups is 1. The maximum atomic E-state index is 5.56. The number of halogens is 1. The molecule has 4 heterocycles. The molecule has 0 amide bonds. The first-order chi connectivity index (χ1) is 13.7. The molecule has 0 spiro atoms. The van der Waals surface area contributed by atoms with Gasteiger partial charge in [-0.1, -0.05) is 34.3 Å². The molecule has 3 aromatic rings. The molecule has 1 saturated heterocycles. The van der Waals surface area contributed by atoms with Crippen molar-refractivity contribution in [1.82, 2.24) is 15.0 Å². The molecule has 5 rings (SSSR count). The number of hydrogen-bond acceptors (Lipinski definition) is 7. The van der Waals surface area contributed by atoms with Crippen molar-refractivity contribution in [1.29, 1.82) is 0 Å². The molecule has 8 heteroatoms. The van der Waals surface area contributed by atoms with E-state index >= 15 is 0 Å². The lowest BCUT2D eigenvalue weighted by molar-refractivity contribution is 0.122. The number of aromatic nitrogens is 3. The zero-order valence-corrected chi connectivity index (χ0v) is 18.8. The molecule has 1 aliphatic heterocycles. The topological polar surface area (TPSA) is 51.1 Å². The zero-order valence-electron chi connectivity index (χ0n) is 15.5. The van der Waals surface area contributed by atoms with E-state index < -0.39 is 0 Å². The molecule has 5 nitrogen and oxygen atoms in total. The van der Waals surface area contributed by atoms with E-state index in [1.54, 1.807) is 29.4 Å². The van der Waals surface area contributed by atoms with Crippen LogP contribution in [0.5, 0.6) is 0 Å². The molecule has 146 valence electrons. The van der Waals surface area contributed by atoms with Crippen LogP contribution in [-0.4, -0.2) is 47.0 Å². The molecular formula is C20H21BrN4OS2. The first kappa shape index (κ1) is 18.8. The minimum absolute atomic E-state index is 0.781. The van der Waals surface area contributed by atoms with E-state index in [4.69, 9.17) is 9.72 Å². The van der Waals surface area contributed by atoms with E-state index in [1.165, 1.54) is 35.2 Å². The Morgan fingerprint density at radius 2 is 2.00 bits per heavy atom. The summed E-state index contributed by atoms with van der Waals surface area (Å²) < 4.78 is 7.68. The van der Waals surface area contributed by atoms with Gasteiger partial charge in [0.05, 0.1) is 23.4 Å². The Kier molecular flexibility index (Phi) is 5.30. The second-order valence-corrected chi connectivity index (χ2v) is 10.2. The third kappa shape index (κ3) is 3.34. The van der Waals surface area contributed by atoms with Crippen LogP contribution in [0.4, 0.5) is 5.82 Å². The summed E-state index contributed by atoms with van der Waals surface area (Å²) in [6, 6.07) is 0. The SMILES string of the molecule is C=C(Br)CSc1ncnc2c1sc1nc(N3CCOCC3)c3c(c12)CCCC3. The Labute approximate surface area is 180 Å². The van der Waals surface area contributed by atoms with Crippen molar-refractivity contribution in [2.45, 2.75) is 30.7 Å². The molecule has 28 heavy (non-hydrogen) atoms. The standard InChI is InChI=1S/C20H21BrN4OS2/c1-12(21)10-27-20-17-16(22-11-23-20)15-13-4-2-3-5-14(13)18(24-19(15)28-17)25-6-8-26-9-7-25/h11H,1-10H2. The first-order valence-electron chi connectivity index (χ1n) is 9.60. The smallest absolute Gasteiger partial charge is 0.133 e. The van der Waals surface area contributed by atoms with Crippen molar-refractivity contribution in [3.63, 3.8) is 0 Å². The van der Waals surface area contributed by atoms with Gasteiger partial charge in [0.25, 0.3) is 0 Å². The summed E-state index contributed by atoms with van der Waals surface area (Å²) >= 11 is 6.88. The molecule has 2 aliphatic rings. The van der Waals surface area contributed by atoms with Crippen LogP contribution in [0.15, 0.2) is 22.4 Å².